The third kappa shape index (κ3) is 2.39. The smallest absolute Gasteiger partial charge is 0.269 e. The molecule has 1 heterocycles. The molecule has 1 aromatic carbocycles. The lowest BCUT2D eigenvalue weighted by Gasteiger charge is -2.19. The number of fused-ring (bicyclic) bond motifs is 3. The minimum Gasteiger partial charge on any atom is -0.364 e. The number of nitrogens with zero attached hydrogens (tertiary/aromatic N) is 2. The third-order valence-electron chi connectivity index (χ3n) is 3.78. The maximum absolute atomic E-state index is 11.7. The van der Waals surface area contributed by atoms with E-state index in [0.29, 0.717) is 11.6 Å². The van der Waals surface area contributed by atoms with E-state index in [2.05, 4.69) is 36.5 Å². The molecule has 0 saturated carbocycles. The second-order valence-electron chi connectivity index (χ2n) is 5.87. The van der Waals surface area contributed by atoms with Gasteiger partial charge in [-0.05, 0) is 24.3 Å². The summed E-state index contributed by atoms with van der Waals surface area (Å²) in [4.78, 5) is 13.4. The Morgan fingerprint density at radius 3 is 2.86 bits per heavy atom. The number of aryl methyl sites for hydroxylation is 1. The number of amides is 1. The van der Waals surface area contributed by atoms with Gasteiger partial charge < -0.3 is 11.2 Å². The van der Waals surface area contributed by atoms with Crippen LogP contribution in [0, 0.1) is 5.92 Å². The van der Waals surface area contributed by atoms with Crippen LogP contribution in [0.1, 0.15) is 35.5 Å². The zero-order valence-electron chi connectivity index (χ0n) is 12.4. The van der Waals surface area contributed by atoms with Gasteiger partial charge in [-0.3, -0.25) is 4.79 Å². The van der Waals surface area contributed by atoms with E-state index in [1.165, 1.54) is 5.56 Å². The Hall–Kier alpha value is -2.30. The normalized spacial score (nSPS) is 12.9. The van der Waals surface area contributed by atoms with E-state index >= 15 is 0 Å². The molecule has 0 aliphatic heterocycles. The van der Waals surface area contributed by atoms with E-state index in [1.54, 1.807) is 4.79 Å². The highest BCUT2D eigenvalue weighted by molar-refractivity contribution is 5.95. The molecule has 0 unspecified atom stereocenters. The van der Waals surface area contributed by atoms with Crippen LogP contribution in [0.2, 0.25) is 0 Å². The van der Waals surface area contributed by atoms with Gasteiger partial charge in [0.05, 0.1) is 5.69 Å². The van der Waals surface area contributed by atoms with Crippen LogP contribution in [0.5, 0.6) is 0 Å². The summed E-state index contributed by atoms with van der Waals surface area (Å²) in [5.41, 5.74) is 13.5. The molecule has 1 aromatic heterocycles. The van der Waals surface area contributed by atoms with Gasteiger partial charge in [0, 0.05) is 17.7 Å². The van der Waals surface area contributed by atoms with Crippen LogP contribution in [-0.2, 0) is 12.8 Å². The first-order chi connectivity index (χ1) is 10.1. The Kier molecular flexibility index (Phi) is 3.41. The number of hydrogen-bond donors (Lipinski definition) is 2. The number of carbonyl (C=O) groups is 1. The molecule has 0 bridgehead atoms. The molecule has 110 valence electrons. The summed E-state index contributed by atoms with van der Waals surface area (Å²) in [5, 5.41) is 4.39. The van der Waals surface area contributed by atoms with E-state index in [-0.39, 0.29) is 0 Å². The maximum atomic E-state index is 11.7. The van der Waals surface area contributed by atoms with Crippen molar-refractivity contribution < 1.29 is 4.79 Å². The molecule has 0 atom stereocenters. The van der Waals surface area contributed by atoms with Crippen LogP contribution in [0.3, 0.4) is 0 Å². The fourth-order valence-corrected chi connectivity index (χ4v) is 2.77. The number of hydrogen-bond acceptors (Lipinski definition) is 3. The maximum Gasteiger partial charge on any atom is 0.269 e. The van der Waals surface area contributed by atoms with E-state index < -0.39 is 5.91 Å². The van der Waals surface area contributed by atoms with Crippen LogP contribution < -0.4 is 11.2 Å². The molecule has 5 heteroatoms. The van der Waals surface area contributed by atoms with E-state index in [4.69, 9.17) is 5.73 Å². The van der Waals surface area contributed by atoms with Crippen molar-refractivity contribution in [2.24, 2.45) is 11.7 Å². The second-order valence-corrected chi connectivity index (χ2v) is 5.87. The SMILES string of the molecule is CC(C)CNn1nc(C(N)=O)c2c1-c1ccccc1CC2. The van der Waals surface area contributed by atoms with E-state index in [0.717, 1.165) is 36.2 Å². The summed E-state index contributed by atoms with van der Waals surface area (Å²) >= 11 is 0. The lowest BCUT2D eigenvalue weighted by molar-refractivity contribution is 0.0994. The lowest BCUT2D eigenvalue weighted by Crippen LogP contribution is -2.23. The molecule has 1 aliphatic rings. The minimum atomic E-state index is -0.462. The largest absolute Gasteiger partial charge is 0.364 e. The highest BCUT2D eigenvalue weighted by Crippen LogP contribution is 2.34. The van der Waals surface area contributed by atoms with Gasteiger partial charge in [-0.25, -0.2) is 0 Å². The van der Waals surface area contributed by atoms with Crippen molar-refractivity contribution in [3.8, 4) is 11.3 Å². The second kappa shape index (κ2) is 5.24. The number of rotatable bonds is 4. The molecule has 0 saturated heterocycles. The summed E-state index contributed by atoms with van der Waals surface area (Å²) < 4.78 is 0. The summed E-state index contributed by atoms with van der Waals surface area (Å²) in [5.74, 6) is 0.0245. The molecule has 0 spiro atoms. The zero-order valence-corrected chi connectivity index (χ0v) is 12.4. The average molecular weight is 284 g/mol. The van der Waals surface area contributed by atoms with Crippen molar-refractivity contribution in [1.29, 1.82) is 0 Å². The van der Waals surface area contributed by atoms with Gasteiger partial charge in [-0.1, -0.05) is 38.1 Å². The number of primary amides is 1. The number of carbonyl (C=O) groups excluding carboxylic acids is 1. The van der Waals surface area contributed by atoms with E-state index in [9.17, 15) is 4.79 Å². The Morgan fingerprint density at radius 2 is 2.14 bits per heavy atom. The molecule has 0 radical (unpaired) electrons. The summed E-state index contributed by atoms with van der Waals surface area (Å²) in [6.45, 7) is 5.05. The molecule has 1 amide bonds. The molecule has 0 fully saturated rings. The summed E-state index contributed by atoms with van der Waals surface area (Å²) in [6.07, 6.45) is 1.72. The highest BCUT2D eigenvalue weighted by atomic mass is 16.1. The van der Waals surface area contributed by atoms with Gasteiger partial charge in [-0.15, -0.1) is 5.10 Å². The number of aromatic nitrogens is 2. The van der Waals surface area contributed by atoms with Gasteiger partial charge in [0.1, 0.15) is 0 Å². The molecule has 5 nitrogen and oxygen atoms in total. The quantitative estimate of drug-likeness (QED) is 0.901. The number of nitrogens with one attached hydrogen (secondary N) is 1. The highest BCUT2D eigenvalue weighted by Gasteiger charge is 2.27. The first kappa shape index (κ1) is 13.7. The fourth-order valence-electron chi connectivity index (χ4n) is 2.77. The van der Waals surface area contributed by atoms with Gasteiger partial charge in [-0.2, -0.15) is 4.79 Å². The molecule has 1 aliphatic carbocycles. The van der Waals surface area contributed by atoms with Crippen molar-refractivity contribution in [2.45, 2.75) is 26.7 Å². The van der Waals surface area contributed by atoms with Crippen LogP contribution in [0.4, 0.5) is 0 Å². The van der Waals surface area contributed by atoms with Gasteiger partial charge >= 0.3 is 0 Å². The molecular weight excluding hydrogens is 264 g/mol. The van der Waals surface area contributed by atoms with Gasteiger partial charge in [0.25, 0.3) is 5.91 Å². The molecular formula is C16H20N4O. The Labute approximate surface area is 124 Å². The van der Waals surface area contributed by atoms with Crippen LogP contribution >= 0.6 is 0 Å². The molecule has 21 heavy (non-hydrogen) atoms. The van der Waals surface area contributed by atoms with Gasteiger partial charge in [0.2, 0.25) is 0 Å². The Bertz CT molecular complexity index is 688. The first-order valence-electron chi connectivity index (χ1n) is 7.31. The van der Waals surface area contributed by atoms with Crippen molar-refractivity contribution in [1.82, 2.24) is 9.89 Å². The van der Waals surface area contributed by atoms with Crippen LogP contribution in [-0.4, -0.2) is 22.3 Å². The monoisotopic (exact) mass is 284 g/mol. The minimum absolute atomic E-state index is 0.385. The van der Waals surface area contributed by atoms with Crippen LogP contribution in [0.15, 0.2) is 24.3 Å². The molecule has 2 aromatic rings. The summed E-state index contributed by atoms with van der Waals surface area (Å²) in [7, 11) is 0. The first-order valence-corrected chi connectivity index (χ1v) is 7.31. The summed E-state index contributed by atoms with van der Waals surface area (Å²) in [6, 6.07) is 8.26. The van der Waals surface area contributed by atoms with Crippen molar-refractivity contribution in [2.75, 3.05) is 12.0 Å². The van der Waals surface area contributed by atoms with E-state index in [1.807, 2.05) is 12.1 Å². The van der Waals surface area contributed by atoms with Crippen molar-refractivity contribution >= 4 is 5.91 Å². The van der Waals surface area contributed by atoms with Crippen molar-refractivity contribution in [3.05, 3.63) is 41.1 Å². The van der Waals surface area contributed by atoms with Crippen LogP contribution in [0.25, 0.3) is 11.3 Å². The standard InChI is InChI=1S/C16H20N4O/c1-10(2)9-18-20-15-12-6-4-3-5-11(12)7-8-13(15)14(19-20)16(17)21/h3-6,10,18H,7-9H2,1-2H3,(H2,17,21). The molecule has 3 rings (SSSR count). The Balaban J connectivity index is 2.13. The zero-order chi connectivity index (χ0) is 15.0. The van der Waals surface area contributed by atoms with Gasteiger partial charge in [0.15, 0.2) is 5.69 Å². The molecule has 3 N–H and O–H groups in total. The van der Waals surface area contributed by atoms with Crippen molar-refractivity contribution in [3.63, 3.8) is 0 Å². The third-order valence-corrected chi connectivity index (χ3v) is 3.78. The Morgan fingerprint density at radius 1 is 1.38 bits per heavy atom. The predicted molar refractivity (Wildman–Crippen MR) is 82.7 cm³/mol. The fraction of sp³-hybridized carbons (Fsp3) is 0.375. The number of nitrogens with two attached hydrogens (primary N) is 1. The number of benzene rings is 1. The topological polar surface area (TPSA) is 72.9 Å². The predicted octanol–water partition coefficient (Wildman–Crippen LogP) is 1.95. The lowest BCUT2D eigenvalue weighted by atomic mass is 9.89. The average Bonchev–Trinajstić information content (AvgIpc) is 2.84.